The molecule has 0 radical (unpaired) electrons. The number of hydrogen-bond donors (Lipinski definition) is 3. The van der Waals surface area contributed by atoms with Crippen LogP contribution in [0.1, 0.15) is 60.3 Å². The first-order valence-corrected chi connectivity index (χ1v) is 9.18. The molecule has 0 aromatic heterocycles. The average Bonchev–Trinajstić information content (AvgIpc) is 2.44. The Hall–Kier alpha value is -0.530. The highest BCUT2D eigenvalue weighted by atomic mass is 127. The van der Waals surface area contributed by atoms with Gasteiger partial charge in [0.1, 0.15) is 0 Å². The van der Waals surface area contributed by atoms with Crippen LogP contribution in [0.3, 0.4) is 0 Å². The van der Waals surface area contributed by atoms with Crippen molar-refractivity contribution in [3.63, 3.8) is 0 Å². The molecule has 0 aromatic carbocycles. The van der Waals surface area contributed by atoms with E-state index in [4.69, 9.17) is 4.99 Å². The summed E-state index contributed by atoms with van der Waals surface area (Å²) in [4.78, 5) is 16.3. The third-order valence-electron chi connectivity index (χ3n) is 4.41. The van der Waals surface area contributed by atoms with Crippen molar-refractivity contribution in [3.8, 4) is 0 Å². The standard InChI is InChI=1S/C18H36N4O.HI/c1-6-19-17(21-11-10-20-16(23)15(4)5)22-13-18(8-7-9-18)12-14(2)3;/h14-15H,6-13H2,1-5H3,(H,20,23)(H2,19,21,22);1H. The molecular formula is C18H37IN4O. The van der Waals surface area contributed by atoms with E-state index in [9.17, 15) is 4.79 Å². The molecule has 0 atom stereocenters. The smallest absolute Gasteiger partial charge is 0.222 e. The third-order valence-corrected chi connectivity index (χ3v) is 4.41. The summed E-state index contributed by atoms with van der Waals surface area (Å²) in [5, 5.41) is 9.52. The van der Waals surface area contributed by atoms with Gasteiger partial charge in [0.2, 0.25) is 5.91 Å². The van der Waals surface area contributed by atoms with Crippen LogP contribution in [0.15, 0.2) is 4.99 Å². The highest BCUT2D eigenvalue weighted by Crippen LogP contribution is 2.46. The summed E-state index contributed by atoms with van der Waals surface area (Å²) < 4.78 is 0. The molecule has 5 nitrogen and oxygen atoms in total. The third kappa shape index (κ3) is 8.53. The molecule has 0 aliphatic heterocycles. The Kier molecular flexibility index (Phi) is 11.7. The van der Waals surface area contributed by atoms with Crippen LogP contribution in [0.2, 0.25) is 0 Å². The van der Waals surface area contributed by atoms with Gasteiger partial charge in [-0.2, -0.15) is 0 Å². The molecule has 6 heteroatoms. The summed E-state index contributed by atoms with van der Waals surface area (Å²) >= 11 is 0. The number of nitrogens with one attached hydrogen (secondary N) is 3. The minimum absolute atomic E-state index is 0. The predicted octanol–water partition coefficient (Wildman–Crippen LogP) is 3.15. The van der Waals surface area contributed by atoms with Crippen molar-refractivity contribution in [1.29, 1.82) is 0 Å². The lowest BCUT2D eigenvalue weighted by Gasteiger charge is -2.42. The number of carbonyl (C=O) groups excluding carboxylic acids is 1. The lowest BCUT2D eigenvalue weighted by Crippen LogP contribution is -2.43. The zero-order valence-corrected chi connectivity index (χ0v) is 18.4. The van der Waals surface area contributed by atoms with Gasteiger partial charge in [-0.05, 0) is 37.5 Å². The van der Waals surface area contributed by atoms with E-state index in [1.807, 2.05) is 13.8 Å². The Labute approximate surface area is 165 Å². The molecular weight excluding hydrogens is 415 g/mol. The second kappa shape index (κ2) is 11.9. The number of rotatable bonds is 9. The molecule has 24 heavy (non-hydrogen) atoms. The number of carbonyl (C=O) groups is 1. The fourth-order valence-electron chi connectivity index (χ4n) is 3.13. The summed E-state index contributed by atoms with van der Waals surface area (Å²) in [6.07, 6.45) is 5.21. The molecule has 1 aliphatic carbocycles. The van der Waals surface area contributed by atoms with E-state index in [1.165, 1.54) is 25.7 Å². The lowest BCUT2D eigenvalue weighted by molar-refractivity contribution is -0.123. The molecule has 1 amide bonds. The van der Waals surface area contributed by atoms with Gasteiger partial charge >= 0.3 is 0 Å². The van der Waals surface area contributed by atoms with Crippen LogP contribution in [0, 0.1) is 17.3 Å². The summed E-state index contributed by atoms with van der Waals surface area (Å²) in [5.74, 6) is 1.72. The highest BCUT2D eigenvalue weighted by molar-refractivity contribution is 14.0. The second-order valence-electron chi connectivity index (χ2n) is 7.52. The molecule has 0 saturated heterocycles. The van der Waals surface area contributed by atoms with Crippen LogP contribution in [0.4, 0.5) is 0 Å². The number of halogens is 1. The molecule has 0 bridgehead atoms. The van der Waals surface area contributed by atoms with Crippen LogP contribution >= 0.6 is 24.0 Å². The predicted molar refractivity (Wildman–Crippen MR) is 113 cm³/mol. The van der Waals surface area contributed by atoms with E-state index in [0.29, 0.717) is 18.5 Å². The Morgan fingerprint density at radius 2 is 1.71 bits per heavy atom. The fraction of sp³-hybridized carbons (Fsp3) is 0.889. The summed E-state index contributed by atoms with van der Waals surface area (Å²) in [5.41, 5.74) is 0.419. The van der Waals surface area contributed by atoms with Gasteiger partial charge in [0.25, 0.3) is 0 Å². The van der Waals surface area contributed by atoms with Crippen molar-refractivity contribution < 1.29 is 4.79 Å². The van der Waals surface area contributed by atoms with Crippen LogP contribution < -0.4 is 16.0 Å². The SMILES string of the molecule is CCNC(=NCC1(CC(C)C)CCC1)NCCNC(=O)C(C)C.I. The van der Waals surface area contributed by atoms with E-state index in [0.717, 1.165) is 25.0 Å². The van der Waals surface area contributed by atoms with E-state index in [2.05, 4.69) is 36.7 Å². The molecule has 0 heterocycles. The van der Waals surface area contributed by atoms with Crippen LogP contribution in [-0.2, 0) is 4.79 Å². The zero-order valence-electron chi connectivity index (χ0n) is 16.1. The first-order valence-electron chi connectivity index (χ1n) is 9.18. The average molecular weight is 452 g/mol. The van der Waals surface area contributed by atoms with Crippen LogP contribution in [-0.4, -0.2) is 38.0 Å². The highest BCUT2D eigenvalue weighted by Gasteiger charge is 2.37. The van der Waals surface area contributed by atoms with Gasteiger partial charge in [-0.25, -0.2) is 0 Å². The molecule has 1 saturated carbocycles. The number of hydrogen-bond acceptors (Lipinski definition) is 2. The van der Waals surface area contributed by atoms with Gasteiger partial charge < -0.3 is 16.0 Å². The lowest BCUT2D eigenvalue weighted by atomic mass is 9.64. The quantitative estimate of drug-likeness (QED) is 0.218. The molecule has 0 aromatic rings. The Balaban J connectivity index is 0.00000529. The van der Waals surface area contributed by atoms with E-state index in [1.54, 1.807) is 0 Å². The van der Waals surface area contributed by atoms with E-state index < -0.39 is 0 Å². The number of guanidine groups is 1. The molecule has 142 valence electrons. The van der Waals surface area contributed by atoms with Crippen molar-refractivity contribution in [3.05, 3.63) is 0 Å². The molecule has 1 fully saturated rings. The summed E-state index contributed by atoms with van der Waals surface area (Å²) in [6.45, 7) is 13.5. The molecule has 1 rings (SSSR count). The monoisotopic (exact) mass is 452 g/mol. The van der Waals surface area contributed by atoms with Crippen molar-refractivity contribution in [2.75, 3.05) is 26.2 Å². The maximum Gasteiger partial charge on any atom is 0.222 e. The van der Waals surface area contributed by atoms with Crippen molar-refractivity contribution in [2.45, 2.75) is 60.3 Å². The fourth-order valence-corrected chi connectivity index (χ4v) is 3.13. The number of amides is 1. The molecule has 0 spiro atoms. The Bertz CT molecular complexity index is 392. The van der Waals surface area contributed by atoms with Crippen LogP contribution in [0.25, 0.3) is 0 Å². The number of aliphatic imine (C=N–C) groups is 1. The Morgan fingerprint density at radius 1 is 1.08 bits per heavy atom. The second-order valence-corrected chi connectivity index (χ2v) is 7.52. The van der Waals surface area contributed by atoms with Gasteiger partial charge in [0, 0.05) is 32.1 Å². The zero-order chi connectivity index (χ0) is 17.3. The maximum absolute atomic E-state index is 11.5. The maximum atomic E-state index is 11.5. The first-order chi connectivity index (χ1) is 10.9. The number of nitrogens with zero attached hydrogens (tertiary/aromatic N) is 1. The van der Waals surface area contributed by atoms with Crippen molar-refractivity contribution in [2.24, 2.45) is 22.2 Å². The minimum atomic E-state index is 0. The molecule has 1 aliphatic rings. The molecule has 3 N–H and O–H groups in total. The van der Waals surface area contributed by atoms with Gasteiger partial charge in [0.05, 0.1) is 0 Å². The largest absolute Gasteiger partial charge is 0.357 e. The molecule has 0 unspecified atom stereocenters. The topological polar surface area (TPSA) is 65.5 Å². The van der Waals surface area contributed by atoms with Crippen molar-refractivity contribution in [1.82, 2.24) is 16.0 Å². The summed E-state index contributed by atoms with van der Waals surface area (Å²) in [7, 11) is 0. The first kappa shape index (κ1) is 23.5. The summed E-state index contributed by atoms with van der Waals surface area (Å²) in [6, 6.07) is 0. The van der Waals surface area contributed by atoms with Gasteiger partial charge in [-0.3, -0.25) is 9.79 Å². The normalized spacial score (nSPS) is 16.4. The minimum Gasteiger partial charge on any atom is -0.357 e. The van der Waals surface area contributed by atoms with Gasteiger partial charge in [-0.1, -0.05) is 34.1 Å². The van der Waals surface area contributed by atoms with Gasteiger partial charge in [-0.15, -0.1) is 24.0 Å². The van der Waals surface area contributed by atoms with E-state index in [-0.39, 0.29) is 35.8 Å². The van der Waals surface area contributed by atoms with Gasteiger partial charge in [0.15, 0.2) is 5.96 Å². The van der Waals surface area contributed by atoms with E-state index >= 15 is 0 Å². The Morgan fingerprint density at radius 3 is 2.17 bits per heavy atom. The van der Waals surface area contributed by atoms with Crippen molar-refractivity contribution >= 4 is 35.8 Å². The van der Waals surface area contributed by atoms with Crippen LogP contribution in [0.5, 0.6) is 0 Å².